The predicted octanol–water partition coefficient (Wildman–Crippen LogP) is 4.90. The predicted molar refractivity (Wildman–Crippen MR) is 80.4 cm³/mol. The molecule has 0 saturated heterocycles. The Kier molecular flexibility index (Phi) is 3.66. The SMILES string of the molecule is Fc1cccc(C(Cl)Cc2ccc3ccccc3n2)c1. The van der Waals surface area contributed by atoms with Crippen molar-refractivity contribution in [3.05, 3.63) is 77.7 Å². The van der Waals surface area contributed by atoms with Crippen LogP contribution in [-0.2, 0) is 6.42 Å². The van der Waals surface area contributed by atoms with Gasteiger partial charge in [0, 0.05) is 17.5 Å². The maximum absolute atomic E-state index is 13.2. The van der Waals surface area contributed by atoms with E-state index in [0.717, 1.165) is 22.2 Å². The molecule has 0 spiro atoms. The Morgan fingerprint density at radius 2 is 1.85 bits per heavy atom. The molecule has 1 atom stereocenters. The number of benzene rings is 2. The minimum Gasteiger partial charge on any atom is -0.253 e. The number of fused-ring (bicyclic) bond motifs is 1. The summed E-state index contributed by atoms with van der Waals surface area (Å²) in [6.45, 7) is 0. The number of rotatable bonds is 3. The zero-order valence-electron chi connectivity index (χ0n) is 10.8. The third-order valence-corrected chi connectivity index (χ3v) is 3.66. The van der Waals surface area contributed by atoms with Crippen LogP contribution in [0.15, 0.2) is 60.7 Å². The summed E-state index contributed by atoms with van der Waals surface area (Å²) < 4.78 is 13.2. The standard InChI is InChI=1S/C17H13ClFN/c18-16(13-5-3-6-14(19)10-13)11-15-9-8-12-4-1-2-7-17(12)20-15/h1-10,16H,11H2. The summed E-state index contributed by atoms with van der Waals surface area (Å²) in [5.41, 5.74) is 2.64. The van der Waals surface area contributed by atoms with Crippen molar-refractivity contribution in [2.24, 2.45) is 0 Å². The molecule has 0 amide bonds. The number of pyridine rings is 1. The van der Waals surface area contributed by atoms with Gasteiger partial charge in [-0.25, -0.2) is 4.39 Å². The first-order valence-corrected chi connectivity index (χ1v) is 6.90. The fourth-order valence-corrected chi connectivity index (χ4v) is 2.52. The first-order chi connectivity index (χ1) is 9.72. The van der Waals surface area contributed by atoms with Crippen molar-refractivity contribution in [2.75, 3.05) is 0 Å². The van der Waals surface area contributed by atoms with Crippen LogP contribution in [0.25, 0.3) is 10.9 Å². The van der Waals surface area contributed by atoms with E-state index in [1.165, 1.54) is 12.1 Å². The molecule has 0 fully saturated rings. The molecule has 2 aromatic carbocycles. The fraction of sp³-hybridized carbons (Fsp3) is 0.118. The topological polar surface area (TPSA) is 12.9 Å². The highest BCUT2D eigenvalue weighted by molar-refractivity contribution is 6.20. The second-order valence-corrected chi connectivity index (χ2v) is 5.25. The number of alkyl halides is 1. The molecular formula is C17H13ClFN. The molecule has 0 aliphatic carbocycles. The molecule has 1 heterocycles. The lowest BCUT2D eigenvalue weighted by atomic mass is 10.1. The zero-order valence-corrected chi connectivity index (χ0v) is 11.5. The Labute approximate surface area is 122 Å². The third-order valence-electron chi connectivity index (χ3n) is 3.25. The fourth-order valence-electron chi connectivity index (χ4n) is 2.22. The third kappa shape index (κ3) is 2.81. The highest BCUT2D eigenvalue weighted by Gasteiger charge is 2.11. The summed E-state index contributed by atoms with van der Waals surface area (Å²) in [6, 6.07) is 18.4. The first-order valence-electron chi connectivity index (χ1n) is 6.46. The average molecular weight is 286 g/mol. The Balaban J connectivity index is 1.85. The molecule has 0 aliphatic heterocycles. The van der Waals surface area contributed by atoms with Crippen LogP contribution in [0.2, 0.25) is 0 Å². The van der Waals surface area contributed by atoms with Gasteiger partial charge in [0.1, 0.15) is 5.82 Å². The molecule has 1 aromatic heterocycles. The van der Waals surface area contributed by atoms with Gasteiger partial charge in [-0.2, -0.15) is 0 Å². The minimum atomic E-state index is -0.278. The van der Waals surface area contributed by atoms with Crippen LogP contribution in [-0.4, -0.2) is 4.98 Å². The Bertz CT molecular complexity index is 742. The lowest BCUT2D eigenvalue weighted by molar-refractivity contribution is 0.624. The van der Waals surface area contributed by atoms with Crippen LogP contribution in [0.4, 0.5) is 4.39 Å². The van der Waals surface area contributed by atoms with E-state index in [9.17, 15) is 4.39 Å². The van der Waals surface area contributed by atoms with Gasteiger partial charge in [-0.15, -0.1) is 11.6 Å². The van der Waals surface area contributed by atoms with Gasteiger partial charge >= 0.3 is 0 Å². The summed E-state index contributed by atoms with van der Waals surface area (Å²) in [6.07, 6.45) is 0.579. The molecule has 1 unspecified atom stereocenters. The molecule has 1 nitrogen and oxygen atoms in total. The molecule has 3 aromatic rings. The molecule has 0 bridgehead atoms. The molecule has 0 aliphatic rings. The molecule has 0 saturated carbocycles. The van der Waals surface area contributed by atoms with E-state index in [1.807, 2.05) is 42.5 Å². The van der Waals surface area contributed by atoms with Crippen molar-refractivity contribution in [3.8, 4) is 0 Å². The number of hydrogen-bond donors (Lipinski definition) is 0. The monoisotopic (exact) mass is 285 g/mol. The van der Waals surface area contributed by atoms with Gasteiger partial charge in [-0.05, 0) is 29.8 Å². The quantitative estimate of drug-likeness (QED) is 0.624. The normalized spacial score (nSPS) is 12.5. The van der Waals surface area contributed by atoms with Gasteiger partial charge in [0.2, 0.25) is 0 Å². The number of halogens is 2. The van der Waals surface area contributed by atoms with Crippen LogP contribution in [0.3, 0.4) is 0 Å². The highest BCUT2D eigenvalue weighted by atomic mass is 35.5. The molecule has 20 heavy (non-hydrogen) atoms. The van der Waals surface area contributed by atoms with Crippen LogP contribution in [0.1, 0.15) is 16.6 Å². The van der Waals surface area contributed by atoms with E-state index in [1.54, 1.807) is 6.07 Å². The number of nitrogens with zero attached hydrogens (tertiary/aromatic N) is 1. The number of aromatic nitrogens is 1. The lowest BCUT2D eigenvalue weighted by Crippen LogP contribution is -1.99. The van der Waals surface area contributed by atoms with Gasteiger partial charge in [-0.1, -0.05) is 36.4 Å². The summed E-state index contributed by atoms with van der Waals surface area (Å²) in [4.78, 5) is 4.58. The van der Waals surface area contributed by atoms with E-state index >= 15 is 0 Å². The second kappa shape index (κ2) is 5.59. The lowest BCUT2D eigenvalue weighted by Gasteiger charge is -2.10. The molecule has 0 N–H and O–H groups in total. The Hall–Kier alpha value is -1.93. The first kappa shape index (κ1) is 13.1. The number of para-hydroxylation sites is 1. The minimum absolute atomic E-state index is 0.264. The van der Waals surface area contributed by atoms with Crippen LogP contribution in [0, 0.1) is 5.82 Å². The van der Waals surface area contributed by atoms with Crippen LogP contribution < -0.4 is 0 Å². The molecule has 100 valence electrons. The Morgan fingerprint density at radius 1 is 1.00 bits per heavy atom. The van der Waals surface area contributed by atoms with Gasteiger partial charge < -0.3 is 0 Å². The average Bonchev–Trinajstić information content (AvgIpc) is 2.47. The van der Waals surface area contributed by atoms with Gasteiger partial charge in [0.25, 0.3) is 0 Å². The molecule has 3 heteroatoms. The van der Waals surface area contributed by atoms with Gasteiger partial charge in [0.15, 0.2) is 0 Å². The number of hydrogen-bond acceptors (Lipinski definition) is 1. The maximum atomic E-state index is 13.2. The van der Waals surface area contributed by atoms with Gasteiger partial charge in [-0.3, -0.25) is 4.98 Å². The smallest absolute Gasteiger partial charge is 0.123 e. The van der Waals surface area contributed by atoms with Crippen LogP contribution in [0.5, 0.6) is 0 Å². The second-order valence-electron chi connectivity index (χ2n) is 4.72. The van der Waals surface area contributed by atoms with E-state index in [4.69, 9.17) is 11.6 Å². The largest absolute Gasteiger partial charge is 0.253 e. The van der Waals surface area contributed by atoms with E-state index in [2.05, 4.69) is 4.98 Å². The van der Waals surface area contributed by atoms with Crippen molar-refractivity contribution < 1.29 is 4.39 Å². The summed E-state index contributed by atoms with van der Waals surface area (Å²) in [7, 11) is 0. The van der Waals surface area contributed by atoms with Crippen molar-refractivity contribution >= 4 is 22.5 Å². The van der Waals surface area contributed by atoms with Crippen molar-refractivity contribution in [3.63, 3.8) is 0 Å². The van der Waals surface area contributed by atoms with E-state index in [0.29, 0.717) is 6.42 Å². The maximum Gasteiger partial charge on any atom is 0.123 e. The summed E-state index contributed by atoms with van der Waals surface area (Å²) in [5, 5.41) is 0.826. The van der Waals surface area contributed by atoms with Gasteiger partial charge in [0.05, 0.1) is 10.9 Å². The molecule has 3 rings (SSSR count). The van der Waals surface area contributed by atoms with Crippen molar-refractivity contribution in [2.45, 2.75) is 11.8 Å². The Morgan fingerprint density at radius 3 is 2.70 bits per heavy atom. The highest BCUT2D eigenvalue weighted by Crippen LogP contribution is 2.25. The molecule has 0 radical (unpaired) electrons. The van der Waals surface area contributed by atoms with Crippen molar-refractivity contribution in [1.29, 1.82) is 0 Å². The zero-order chi connectivity index (χ0) is 13.9. The summed E-state index contributed by atoms with van der Waals surface area (Å²) >= 11 is 6.36. The summed E-state index contributed by atoms with van der Waals surface area (Å²) in [5.74, 6) is -0.264. The van der Waals surface area contributed by atoms with Crippen LogP contribution >= 0.6 is 11.6 Å². The van der Waals surface area contributed by atoms with E-state index < -0.39 is 0 Å². The molecular weight excluding hydrogens is 273 g/mol. The van der Waals surface area contributed by atoms with E-state index in [-0.39, 0.29) is 11.2 Å². The van der Waals surface area contributed by atoms with Crippen molar-refractivity contribution in [1.82, 2.24) is 4.98 Å².